The fourth-order valence-corrected chi connectivity index (χ4v) is 2.58. The molecule has 0 rings (SSSR count). The molecule has 0 aliphatic rings. The molecule has 0 aromatic carbocycles. The number of primary amides is 1. The van der Waals surface area contributed by atoms with E-state index in [-0.39, 0.29) is 0 Å². The third-order valence-corrected chi connectivity index (χ3v) is 4.38. The topological polar surface area (TPSA) is 301 Å². The van der Waals surface area contributed by atoms with Crippen LogP contribution in [0.15, 0.2) is 0 Å². The Bertz CT molecular complexity index is 819. The fourth-order valence-electron chi connectivity index (χ4n) is 2.58. The predicted octanol–water partition coefficient (Wildman–Crippen LogP) is -5.92. The minimum absolute atomic E-state index is 0.508. The predicted molar refractivity (Wildman–Crippen MR) is 114 cm³/mol. The summed E-state index contributed by atoms with van der Waals surface area (Å²) in [5, 5.41) is 45.0. The molecule has 0 heterocycles. The highest BCUT2D eigenvalue weighted by atomic mass is 16.4. The van der Waals surface area contributed by atoms with Crippen LogP contribution < -0.4 is 32.7 Å². The minimum Gasteiger partial charge on any atom is -0.481 e. The quantitative estimate of drug-likeness (QED) is 0.0935. The van der Waals surface area contributed by atoms with Crippen molar-refractivity contribution in [1.29, 1.82) is 0 Å². The highest BCUT2D eigenvalue weighted by Gasteiger charge is 2.32. The van der Waals surface area contributed by atoms with Gasteiger partial charge in [-0.15, -0.1) is 0 Å². The monoisotopic (exact) mass is 506 g/mol. The normalized spacial score (nSPS) is 14.9. The summed E-state index contributed by atoms with van der Waals surface area (Å²) in [5.41, 5.74) is 10.2. The molecule has 0 saturated carbocycles. The van der Waals surface area contributed by atoms with Gasteiger partial charge >= 0.3 is 11.9 Å². The number of carboxylic acid groups (broad SMARTS) is 2. The number of aliphatic hydroxyl groups excluding tert-OH is 2. The largest absolute Gasteiger partial charge is 0.481 e. The van der Waals surface area contributed by atoms with E-state index < -0.39 is 104 Å². The number of carbonyl (C=O) groups is 7. The third-order valence-electron chi connectivity index (χ3n) is 4.38. The first-order valence-electron chi connectivity index (χ1n) is 10.2. The minimum atomic E-state index is -1.77. The van der Waals surface area contributed by atoms with Gasteiger partial charge in [0.1, 0.15) is 18.1 Å². The van der Waals surface area contributed by atoms with E-state index in [1.165, 1.54) is 0 Å². The van der Waals surface area contributed by atoms with Crippen molar-refractivity contribution in [2.45, 2.75) is 56.5 Å². The maximum absolute atomic E-state index is 12.7. The zero-order valence-corrected chi connectivity index (χ0v) is 18.7. The molecule has 35 heavy (non-hydrogen) atoms. The van der Waals surface area contributed by atoms with Crippen molar-refractivity contribution >= 4 is 41.5 Å². The van der Waals surface area contributed by atoms with Crippen LogP contribution in [0.3, 0.4) is 0 Å². The molecule has 0 aromatic rings. The second-order valence-electron chi connectivity index (χ2n) is 7.30. The SMILES string of the molecule is C[C@@H](O)[C@H](NC(=O)[C@H](CO)NC(=O)[C@H](CCC(=O)O)NC(=O)[C@H](CC(N)=O)NC(=O)CN)C(=O)O. The summed E-state index contributed by atoms with van der Waals surface area (Å²) in [6, 6.07) is -6.69. The molecule has 5 amide bonds. The molecular weight excluding hydrogens is 476 g/mol. The van der Waals surface area contributed by atoms with E-state index in [4.69, 9.17) is 21.7 Å². The standard InChI is InChI=1S/C18H30N6O11/c1-7(26)14(18(34)35)24-17(33)10(6-25)23-15(31)8(2-3-13(29)30)22-16(32)9(4-11(20)27)21-12(28)5-19/h7-10,14,25-26H,2-6,19H2,1H3,(H2,20,27)(H,21,28)(H,22,32)(H,23,31)(H,24,33)(H,29,30)(H,34,35)/t7-,8+,9+,10+,14+/m1/s1. The number of hydrogen-bond donors (Lipinski definition) is 10. The summed E-state index contributed by atoms with van der Waals surface area (Å²) in [6.45, 7) is -0.488. The lowest BCUT2D eigenvalue weighted by Crippen LogP contribution is -2.60. The van der Waals surface area contributed by atoms with Gasteiger partial charge in [-0.25, -0.2) is 4.79 Å². The second-order valence-corrected chi connectivity index (χ2v) is 7.30. The molecule has 17 nitrogen and oxygen atoms in total. The Morgan fingerprint density at radius 1 is 0.829 bits per heavy atom. The molecular formula is C18H30N6O11. The lowest BCUT2D eigenvalue weighted by Gasteiger charge is -2.25. The Morgan fingerprint density at radius 2 is 1.34 bits per heavy atom. The van der Waals surface area contributed by atoms with Crippen LogP contribution in [0, 0.1) is 0 Å². The summed E-state index contributed by atoms with van der Waals surface area (Å²) < 4.78 is 0. The van der Waals surface area contributed by atoms with Gasteiger partial charge in [0.25, 0.3) is 0 Å². The van der Waals surface area contributed by atoms with Crippen molar-refractivity contribution in [1.82, 2.24) is 21.3 Å². The van der Waals surface area contributed by atoms with Crippen LogP contribution in [-0.4, -0.2) is 105 Å². The first-order valence-corrected chi connectivity index (χ1v) is 10.2. The van der Waals surface area contributed by atoms with Crippen LogP contribution >= 0.6 is 0 Å². The zero-order valence-electron chi connectivity index (χ0n) is 18.7. The molecule has 0 spiro atoms. The van der Waals surface area contributed by atoms with Gasteiger partial charge < -0.3 is 53.2 Å². The van der Waals surface area contributed by atoms with Crippen LogP contribution in [0.2, 0.25) is 0 Å². The van der Waals surface area contributed by atoms with Crippen molar-refractivity contribution in [3.63, 3.8) is 0 Å². The Kier molecular flexibility index (Phi) is 13.5. The maximum atomic E-state index is 12.7. The molecule has 0 bridgehead atoms. The van der Waals surface area contributed by atoms with Crippen molar-refractivity contribution < 1.29 is 54.0 Å². The molecule has 17 heteroatoms. The van der Waals surface area contributed by atoms with Crippen molar-refractivity contribution in [3.8, 4) is 0 Å². The molecule has 0 fully saturated rings. The molecule has 198 valence electrons. The number of aliphatic carboxylic acids is 2. The highest BCUT2D eigenvalue weighted by molar-refractivity contribution is 5.96. The number of amides is 5. The van der Waals surface area contributed by atoms with E-state index in [1.54, 1.807) is 0 Å². The molecule has 5 atom stereocenters. The van der Waals surface area contributed by atoms with Gasteiger partial charge in [-0.05, 0) is 13.3 Å². The fraction of sp³-hybridized carbons (Fsp3) is 0.611. The number of nitrogens with one attached hydrogen (secondary N) is 4. The molecule has 0 radical (unpaired) electrons. The Labute approximate surface area is 198 Å². The first kappa shape index (κ1) is 31.2. The lowest BCUT2D eigenvalue weighted by molar-refractivity contribution is -0.145. The van der Waals surface area contributed by atoms with E-state index >= 15 is 0 Å². The van der Waals surface area contributed by atoms with Crippen molar-refractivity contribution in [2.75, 3.05) is 13.2 Å². The third kappa shape index (κ3) is 11.7. The molecule has 12 N–H and O–H groups in total. The maximum Gasteiger partial charge on any atom is 0.328 e. The van der Waals surface area contributed by atoms with Gasteiger partial charge in [-0.3, -0.25) is 28.8 Å². The van der Waals surface area contributed by atoms with E-state index in [9.17, 15) is 43.8 Å². The average molecular weight is 506 g/mol. The van der Waals surface area contributed by atoms with Crippen molar-refractivity contribution in [2.24, 2.45) is 11.5 Å². The van der Waals surface area contributed by atoms with Crippen LogP contribution in [-0.2, 0) is 33.6 Å². The number of hydrogen-bond acceptors (Lipinski definition) is 10. The Morgan fingerprint density at radius 3 is 1.77 bits per heavy atom. The summed E-state index contributed by atoms with van der Waals surface area (Å²) >= 11 is 0. The van der Waals surface area contributed by atoms with Gasteiger partial charge in [0.15, 0.2) is 6.04 Å². The summed E-state index contributed by atoms with van der Waals surface area (Å²) in [5.74, 6) is -8.21. The van der Waals surface area contributed by atoms with Gasteiger partial charge in [-0.1, -0.05) is 0 Å². The van der Waals surface area contributed by atoms with E-state index in [0.717, 1.165) is 6.92 Å². The average Bonchev–Trinajstić information content (AvgIpc) is 2.76. The molecule has 0 aliphatic carbocycles. The van der Waals surface area contributed by atoms with Gasteiger partial charge in [0, 0.05) is 6.42 Å². The van der Waals surface area contributed by atoms with Crippen LogP contribution in [0.4, 0.5) is 0 Å². The van der Waals surface area contributed by atoms with Gasteiger partial charge in [-0.2, -0.15) is 0 Å². The van der Waals surface area contributed by atoms with E-state index in [0.29, 0.717) is 0 Å². The Hall–Kier alpha value is -3.83. The molecule has 0 aromatic heterocycles. The van der Waals surface area contributed by atoms with Crippen LogP contribution in [0.5, 0.6) is 0 Å². The number of aliphatic hydroxyl groups is 2. The number of rotatable bonds is 16. The molecule has 0 unspecified atom stereocenters. The summed E-state index contributed by atoms with van der Waals surface area (Å²) in [7, 11) is 0. The number of carbonyl (C=O) groups excluding carboxylic acids is 5. The number of carboxylic acids is 2. The molecule has 0 saturated heterocycles. The van der Waals surface area contributed by atoms with Gasteiger partial charge in [0.2, 0.25) is 29.5 Å². The zero-order chi connectivity index (χ0) is 27.3. The smallest absolute Gasteiger partial charge is 0.328 e. The first-order chi connectivity index (χ1) is 16.2. The van der Waals surface area contributed by atoms with E-state index in [1.807, 2.05) is 10.6 Å². The van der Waals surface area contributed by atoms with Gasteiger partial charge in [0.05, 0.1) is 25.7 Å². The molecule has 0 aliphatic heterocycles. The van der Waals surface area contributed by atoms with Crippen LogP contribution in [0.25, 0.3) is 0 Å². The van der Waals surface area contributed by atoms with Crippen LogP contribution in [0.1, 0.15) is 26.2 Å². The number of nitrogens with two attached hydrogens (primary N) is 2. The summed E-state index contributed by atoms with van der Waals surface area (Å²) in [6.07, 6.45) is -3.35. The van der Waals surface area contributed by atoms with Crippen molar-refractivity contribution in [3.05, 3.63) is 0 Å². The second kappa shape index (κ2) is 15.1. The highest BCUT2D eigenvalue weighted by Crippen LogP contribution is 2.03. The lowest BCUT2D eigenvalue weighted by atomic mass is 10.1. The Balaban J connectivity index is 5.61. The van der Waals surface area contributed by atoms with E-state index in [2.05, 4.69) is 10.6 Å². The summed E-state index contributed by atoms with van der Waals surface area (Å²) in [4.78, 5) is 82.3.